The van der Waals surface area contributed by atoms with Crippen LogP contribution in [0.15, 0.2) is 47.6 Å². The summed E-state index contributed by atoms with van der Waals surface area (Å²) in [6, 6.07) is 13.5. The lowest BCUT2D eigenvalue weighted by atomic mass is 9.82. The van der Waals surface area contributed by atoms with Gasteiger partial charge in [-0.05, 0) is 23.6 Å². The number of carbonyl (C=O) groups is 2. The van der Waals surface area contributed by atoms with Crippen molar-refractivity contribution in [1.82, 2.24) is 10.3 Å². The third-order valence-electron chi connectivity index (χ3n) is 4.98. The molecular weight excluding hydrogens is 302 g/mol. The van der Waals surface area contributed by atoms with Crippen LogP contribution in [0.2, 0.25) is 0 Å². The Hall–Kier alpha value is -2.69. The smallest absolute Gasteiger partial charge is 0.321 e. The molecule has 3 amide bonds. The molecule has 5 nitrogen and oxygen atoms in total. The van der Waals surface area contributed by atoms with Crippen LogP contribution in [0.3, 0.4) is 0 Å². The second-order valence-corrected chi connectivity index (χ2v) is 6.50. The molecule has 0 unspecified atom stereocenters. The first kappa shape index (κ1) is 14.9. The van der Waals surface area contributed by atoms with Crippen molar-refractivity contribution >= 4 is 28.9 Å². The number of carbonyl (C=O) groups excluding carboxylic acids is 2. The minimum Gasteiger partial charge on any atom is -0.321 e. The summed E-state index contributed by atoms with van der Waals surface area (Å²) in [5.41, 5.74) is 0.157. The van der Waals surface area contributed by atoms with Gasteiger partial charge in [-0.25, -0.2) is 4.79 Å². The number of imide groups is 1. The highest BCUT2D eigenvalue weighted by molar-refractivity contribution is 6.08. The average molecular weight is 321 g/mol. The maximum Gasteiger partial charge on any atom is 0.346 e. The van der Waals surface area contributed by atoms with Gasteiger partial charge in [0.25, 0.3) is 5.91 Å². The van der Waals surface area contributed by atoms with Gasteiger partial charge in [-0.1, -0.05) is 61.7 Å². The normalized spacial score (nSPS) is 20.2. The predicted molar refractivity (Wildman–Crippen MR) is 92.7 cm³/mol. The molecule has 0 bridgehead atoms. The molecule has 0 aromatic heterocycles. The van der Waals surface area contributed by atoms with Crippen LogP contribution in [0.5, 0.6) is 0 Å². The summed E-state index contributed by atoms with van der Waals surface area (Å²) in [6.45, 7) is 0. The van der Waals surface area contributed by atoms with E-state index < -0.39 is 11.6 Å². The van der Waals surface area contributed by atoms with Crippen LogP contribution in [-0.2, 0) is 4.79 Å². The highest BCUT2D eigenvalue weighted by Gasteiger charge is 2.51. The molecule has 1 saturated carbocycles. The minimum absolute atomic E-state index is 0.219. The van der Waals surface area contributed by atoms with Crippen molar-refractivity contribution < 1.29 is 9.59 Å². The fourth-order valence-corrected chi connectivity index (χ4v) is 3.69. The van der Waals surface area contributed by atoms with Crippen LogP contribution in [0.25, 0.3) is 10.8 Å². The highest BCUT2D eigenvalue weighted by Crippen LogP contribution is 2.33. The minimum atomic E-state index is -0.731. The van der Waals surface area contributed by atoms with Crippen molar-refractivity contribution in [2.75, 3.05) is 0 Å². The maximum atomic E-state index is 12.7. The quantitative estimate of drug-likeness (QED) is 0.680. The fourth-order valence-electron chi connectivity index (χ4n) is 3.69. The van der Waals surface area contributed by atoms with Crippen LogP contribution in [0, 0.1) is 0 Å². The molecule has 4 rings (SSSR count). The number of hydrogen-bond donors (Lipinski definition) is 1. The topological polar surface area (TPSA) is 61.8 Å². The fraction of sp³-hybridized carbons (Fsp3) is 0.316. The molecule has 2 aromatic rings. The zero-order valence-electron chi connectivity index (χ0n) is 13.4. The summed E-state index contributed by atoms with van der Waals surface area (Å²) < 4.78 is 0. The van der Waals surface area contributed by atoms with E-state index in [1.165, 1.54) is 0 Å². The van der Waals surface area contributed by atoms with Crippen molar-refractivity contribution in [3.05, 3.63) is 48.0 Å². The largest absolute Gasteiger partial charge is 0.346 e. The maximum absolute atomic E-state index is 12.7. The van der Waals surface area contributed by atoms with Crippen molar-refractivity contribution in [3.8, 4) is 0 Å². The van der Waals surface area contributed by atoms with Gasteiger partial charge in [0.2, 0.25) is 0 Å². The molecule has 122 valence electrons. The molecule has 24 heavy (non-hydrogen) atoms. The first-order valence-corrected chi connectivity index (χ1v) is 8.38. The number of hydrazone groups is 1. The lowest BCUT2D eigenvalue weighted by Gasteiger charge is -2.29. The molecule has 2 fully saturated rings. The number of hydrogen-bond acceptors (Lipinski definition) is 3. The van der Waals surface area contributed by atoms with E-state index >= 15 is 0 Å². The van der Waals surface area contributed by atoms with Gasteiger partial charge in [0.15, 0.2) is 0 Å². The SMILES string of the molecule is O=C1NC2(CCCCC2)C(=O)N1/N=C\c1cccc2ccccc12. The van der Waals surface area contributed by atoms with E-state index in [-0.39, 0.29) is 5.91 Å². The number of nitrogens with one attached hydrogen (secondary N) is 1. The molecule has 0 atom stereocenters. The lowest BCUT2D eigenvalue weighted by molar-refractivity contribution is -0.132. The zero-order chi connectivity index (χ0) is 16.6. The van der Waals surface area contributed by atoms with E-state index in [0.29, 0.717) is 12.8 Å². The molecule has 1 saturated heterocycles. The van der Waals surface area contributed by atoms with Crippen molar-refractivity contribution in [1.29, 1.82) is 0 Å². The van der Waals surface area contributed by atoms with Crippen molar-refractivity contribution in [2.45, 2.75) is 37.6 Å². The van der Waals surface area contributed by atoms with E-state index in [1.54, 1.807) is 6.21 Å². The third-order valence-corrected chi connectivity index (χ3v) is 4.98. The van der Waals surface area contributed by atoms with Gasteiger partial charge in [-0.3, -0.25) is 4.79 Å². The second-order valence-electron chi connectivity index (χ2n) is 6.50. The Labute approximate surface area is 140 Å². The zero-order valence-corrected chi connectivity index (χ0v) is 13.4. The van der Waals surface area contributed by atoms with Gasteiger partial charge in [0, 0.05) is 5.56 Å². The summed E-state index contributed by atoms with van der Waals surface area (Å²) in [7, 11) is 0. The molecule has 1 aliphatic heterocycles. The molecular formula is C19H19N3O2. The molecule has 5 heteroatoms. The summed E-state index contributed by atoms with van der Waals surface area (Å²) >= 11 is 0. The summed E-state index contributed by atoms with van der Waals surface area (Å²) in [5.74, 6) is -0.219. The predicted octanol–water partition coefficient (Wildman–Crippen LogP) is 3.43. The van der Waals surface area contributed by atoms with Crippen LogP contribution < -0.4 is 5.32 Å². The lowest BCUT2D eigenvalue weighted by Crippen LogP contribution is -2.48. The molecule has 1 N–H and O–H groups in total. The van der Waals surface area contributed by atoms with Crippen molar-refractivity contribution in [2.24, 2.45) is 5.10 Å². The Morgan fingerprint density at radius 2 is 1.75 bits per heavy atom. The van der Waals surface area contributed by atoms with E-state index in [9.17, 15) is 9.59 Å². The Bertz CT molecular complexity index is 832. The number of amides is 3. The molecule has 2 aliphatic rings. The van der Waals surface area contributed by atoms with Crippen LogP contribution in [0.4, 0.5) is 4.79 Å². The molecule has 1 aliphatic carbocycles. The Kier molecular flexibility index (Phi) is 3.56. The summed E-state index contributed by atoms with van der Waals surface area (Å²) in [4.78, 5) is 24.9. The summed E-state index contributed by atoms with van der Waals surface area (Å²) in [6.07, 6.45) is 6.06. The van der Waals surface area contributed by atoms with Crippen LogP contribution in [-0.4, -0.2) is 28.7 Å². The molecule has 0 radical (unpaired) electrons. The van der Waals surface area contributed by atoms with Gasteiger partial charge in [0.05, 0.1) is 6.21 Å². The van der Waals surface area contributed by atoms with Gasteiger partial charge in [-0.15, -0.1) is 5.01 Å². The Morgan fingerprint density at radius 1 is 1.00 bits per heavy atom. The van der Waals surface area contributed by atoms with Gasteiger partial charge in [0.1, 0.15) is 5.54 Å². The second kappa shape index (κ2) is 5.74. The van der Waals surface area contributed by atoms with E-state index in [2.05, 4.69) is 10.4 Å². The standard InChI is InChI=1S/C19H19N3O2/c23-17-19(11-4-1-5-12-19)21-18(24)22(17)20-13-15-9-6-8-14-7-2-3-10-16(14)15/h2-3,6-10,13H,1,4-5,11-12H2,(H,21,24)/b20-13-. The number of fused-ring (bicyclic) bond motifs is 1. The third kappa shape index (κ3) is 2.37. The highest BCUT2D eigenvalue weighted by atomic mass is 16.2. The van der Waals surface area contributed by atoms with Crippen molar-refractivity contribution in [3.63, 3.8) is 0 Å². The van der Waals surface area contributed by atoms with Gasteiger partial charge >= 0.3 is 6.03 Å². The number of nitrogens with zero attached hydrogens (tertiary/aromatic N) is 2. The first-order chi connectivity index (χ1) is 11.7. The van der Waals surface area contributed by atoms with E-state index in [1.807, 2.05) is 42.5 Å². The molecule has 1 spiro atoms. The molecule has 2 aromatic carbocycles. The van der Waals surface area contributed by atoms with Gasteiger partial charge < -0.3 is 5.32 Å². The van der Waals surface area contributed by atoms with E-state index in [0.717, 1.165) is 40.6 Å². The average Bonchev–Trinajstić information content (AvgIpc) is 2.84. The van der Waals surface area contributed by atoms with Gasteiger partial charge in [-0.2, -0.15) is 5.10 Å². The molecule has 1 heterocycles. The van der Waals surface area contributed by atoms with E-state index in [4.69, 9.17) is 0 Å². The number of urea groups is 1. The Balaban J connectivity index is 1.63. The van der Waals surface area contributed by atoms with Crippen LogP contribution in [0.1, 0.15) is 37.7 Å². The van der Waals surface area contributed by atoms with Crippen LogP contribution >= 0.6 is 0 Å². The first-order valence-electron chi connectivity index (χ1n) is 8.38. The number of rotatable bonds is 2. The summed E-state index contributed by atoms with van der Waals surface area (Å²) in [5, 5.41) is 10.2. The number of benzene rings is 2. The Morgan fingerprint density at radius 3 is 2.58 bits per heavy atom. The monoisotopic (exact) mass is 321 g/mol.